The molecule has 0 fully saturated rings. The second-order valence-corrected chi connectivity index (χ2v) is 9.06. The molecule has 0 bridgehead atoms. The van der Waals surface area contributed by atoms with Crippen LogP contribution in [0.25, 0.3) is 0 Å². The van der Waals surface area contributed by atoms with E-state index in [4.69, 9.17) is 0 Å². The highest BCUT2D eigenvalue weighted by molar-refractivity contribution is 9.10. The van der Waals surface area contributed by atoms with Crippen LogP contribution in [-0.4, -0.2) is 33.2 Å². The number of carbonyl (C=O) groups is 1. The summed E-state index contributed by atoms with van der Waals surface area (Å²) >= 11 is 3.32. The normalized spacial score (nSPS) is 12.4. The van der Waals surface area contributed by atoms with Gasteiger partial charge in [0.15, 0.2) is 0 Å². The first-order valence-electron chi connectivity index (χ1n) is 8.32. The minimum Gasteiger partial charge on any atom is -0.352 e. The first-order chi connectivity index (χ1) is 12.3. The number of nitrogens with one attached hydrogen (secondary N) is 1. The van der Waals surface area contributed by atoms with Gasteiger partial charge < -0.3 is 5.32 Å². The number of anilines is 1. The van der Waals surface area contributed by atoms with Crippen LogP contribution in [0.2, 0.25) is 0 Å². The van der Waals surface area contributed by atoms with Gasteiger partial charge in [-0.05, 0) is 43.5 Å². The van der Waals surface area contributed by atoms with E-state index in [-0.39, 0.29) is 18.5 Å². The molecule has 0 aromatic heterocycles. The number of carbonyl (C=O) groups excluding carboxylic acids is 1. The maximum absolute atomic E-state index is 12.4. The number of aryl methyl sites for hydroxylation is 1. The summed E-state index contributed by atoms with van der Waals surface area (Å²) in [5.41, 5.74) is 1.66. The van der Waals surface area contributed by atoms with Crippen molar-refractivity contribution in [2.75, 3.05) is 17.1 Å². The Balaban J connectivity index is 1.96. The molecule has 0 spiro atoms. The van der Waals surface area contributed by atoms with Crippen LogP contribution in [0, 0.1) is 0 Å². The average Bonchev–Trinajstić information content (AvgIpc) is 2.58. The van der Waals surface area contributed by atoms with E-state index in [9.17, 15) is 13.2 Å². The first-order valence-corrected chi connectivity index (χ1v) is 11.0. The van der Waals surface area contributed by atoms with E-state index < -0.39 is 10.0 Å². The number of amides is 1. The number of hydrogen-bond acceptors (Lipinski definition) is 3. The molecular weight excluding hydrogens is 416 g/mol. The molecule has 2 aromatic carbocycles. The monoisotopic (exact) mass is 438 g/mol. The minimum atomic E-state index is -3.57. The molecule has 26 heavy (non-hydrogen) atoms. The summed E-state index contributed by atoms with van der Waals surface area (Å²) in [6, 6.07) is 16.9. The number of halogens is 1. The maximum atomic E-state index is 12.4. The van der Waals surface area contributed by atoms with Crippen molar-refractivity contribution in [3.05, 3.63) is 64.6 Å². The molecule has 1 N–H and O–H groups in total. The average molecular weight is 439 g/mol. The van der Waals surface area contributed by atoms with Crippen LogP contribution >= 0.6 is 15.9 Å². The molecule has 1 atom stereocenters. The van der Waals surface area contributed by atoms with E-state index in [0.29, 0.717) is 5.69 Å². The molecule has 0 radical (unpaired) electrons. The molecule has 0 heterocycles. The SMILES string of the molecule is C[C@H](CCc1ccccc1)NC(=O)CN(c1cccc(Br)c1)S(C)(=O)=O. The summed E-state index contributed by atoms with van der Waals surface area (Å²) < 4.78 is 26.1. The van der Waals surface area contributed by atoms with Gasteiger partial charge in [-0.15, -0.1) is 0 Å². The molecule has 0 unspecified atom stereocenters. The Kier molecular flexibility index (Phi) is 7.23. The van der Waals surface area contributed by atoms with E-state index in [2.05, 4.69) is 21.2 Å². The van der Waals surface area contributed by atoms with Crippen molar-refractivity contribution in [2.45, 2.75) is 25.8 Å². The number of benzene rings is 2. The summed E-state index contributed by atoms with van der Waals surface area (Å²) in [7, 11) is -3.57. The Morgan fingerprint density at radius 2 is 1.85 bits per heavy atom. The summed E-state index contributed by atoms with van der Waals surface area (Å²) in [6.07, 6.45) is 2.73. The van der Waals surface area contributed by atoms with Gasteiger partial charge in [0.05, 0.1) is 11.9 Å². The molecule has 0 aliphatic rings. The lowest BCUT2D eigenvalue weighted by molar-refractivity contribution is -0.120. The highest BCUT2D eigenvalue weighted by Gasteiger charge is 2.21. The van der Waals surface area contributed by atoms with E-state index in [1.807, 2.05) is 37.3 Å². The summed E-state index contributed by atoms with van der Waals surface area (Å²) in [5, 5.41) is 2.88. The molecule has 2 aromatic rings. The van der Waals surface area contributed by atoms with Crippen LogP contribution in [0.5, 0.6) is 0 Å². The van der Waals surface area contributed by atoms with Crippen molar-refractivity contribution < 1.29 is 13.2 Å². The van der Waals surface area contributed by atoms with Gasteiger partial charge in [0.1, 0.15) is 6.54 Å². The van der Waals surface area contributed by atoms with Crippen LogP contribution in [0.15, 0.2) is 59.1 Å². The van der Waals surface area contributed by atoms with Crippen LogP contribution in [-0.2, 0) is 21.2 Å². The van der Waals surface area contributed by atoms with Crippen molar-refractivity contribution in [3.63, 3.8) is 0 Å². The van der Waals surface area contributed by atoms with Gasteiger partial charge in [-0.2, -0.15) is 0 Å². The molecule has 0 aliphatic heterocycles. The van der Waals surface area contributed by atoms with E-state index >= 15 is 0 Å². The molecule has 0 aliphatic carbocycles. The highest BCUT2D eigenvalue weighted by Crippen LogP contribution is 2.21. The predicted octanol–water partition coefficient (Wildman–Crippen LogP) is 3.35. The largest absolute Gasteiger partial charge is 0.352 e. The zero-order valence-electron chi connectivity index (χ0n) is 14.9. The fraction of sp³-hybridized carbons (Fsp3) is 0.316. The third kappa shape index (κ3) is 6.46. The highest BCUT2D eigenvalue weighted by atomic mass is 79.9. The molecule has 140 valence electrons. The number of hydrogen-bond donors (Lipinski definition) is 1. The van der Waals surface area contributed by atoms with Gasteiger partial charge in [0, 0.05) is 10.5 Å². The van der Waals surface area contributed by atoms with Crippen LogP contribution in [0.4, 0.5) is 5.69 Å². The zero-order valence-corrected chi connectivity index (χ0v) is 17.3. The first kappa shape index (κ1) is 20.5. The Morgan fingerprint density at radius 1 is 1.15 bits per heavy atom. The van der Waals surface area contributed by atoms with Crippen molar-refractivity contribution in [2.24, 2.45) is 0 Å². The Bertz CT molecular complexity index is 841. The third-order valence-corrected chi connectivity index (χ3v) is 5.53. The van der Waals surface area contributed by atoms with E-state index in [1.165, 1.54) is 5.56 Å². The van der Waals surface area contributed by atoms with Crippen molar-refractivity contribution in [1.82, 2.24) is 5.32 Å². The van der Waals surface area contributed by atoms with Gasteiger partial charge in [-0.1, -0.05) is 52.3 Å². The summed E-state index contributed by atoms with van der Waals surface area (Å²) in [5.74, 6) is -0.323. The third-order valence-electron chi connectivity index (χ3n) is 3.90. The molecule has 2 rings (SSSR count). The lowest BCUT2D eigenvalue weighted by Gasteiger charge is -2.23. The summed E-state index contributed by atoms with van der Waals surface area (Å²) in [6.45, 7) is 1.68. The standard InChI is InChI=1S/C19H23BrN2O3S/c1-15(11-12-16-7-4-3-5-8-16)21-19(23)14-22(26(2,24)25)18-10-6-9-17(20)13-18/h3-10,13,15H,11-12,14H2,1-2H3,(H,21,23)/t15-/m1/s1. The lowest BCUT2D eigenvalue weighted by Crippen LogP contribution is -2.43. The van der Waals surface area contributed by atoms with Gasteiger partial charge in [0.2, 0.25) is 15.9 Å². The summed E-state index contributed by atoms with van der Waals surface area (Å²) in [4.78, 5) is 12.4. The number of nitrogens with zero attached hydrogens (tertiary/aromatic N) is 1. The minimum absolute atomic E-state index is 0.0494. The number of sulfonamides is 1. The molecule has 7 heteroatoms. The molecule has 0 saturated carbocycles. The van der Waals surface area contributed by atoms with Crippen LogP contribution in [0.1, 0.15) is 18.9 Å². The maximum Gasteiger partial charge on any atom is 0.240 e. The van der Waals surface area contributed by atoms with Crippen molar-refractivity contribution in [3.8, 4) is 0 Å². The van der Waals surface area contributed by atoms with Crippen LogP contribution < -0.4 is 9.62 Å². The second-order valence-electron chi connectivity index (χ2n) is 6.24. The van der Waals surface area contributed by atoms with Gasteiger partial charge in [-0.3, -0.25) is 9.10 Å². The zero-order chi connectivity index (χ0) is 19.2. The molecule has 0 saturated heterocycles. The fourth-order valence-corrected chi connectivity index (χ4v) is 3.82. The lowest BCUT2D eigenvalue weighted by atomic mass is 10.1. The second kappa shape index (κ2) is 9.19. The van der Waals surface area contributed by atoms with E-state index in [0.717, 1.165) is 27.9 Å². The van der Waals surface area contributed by atoms with Gasteiger partial charge >= 0.3 is 0 Å². The smallest absolute Gasteiger partial charge is 0.240 e. The predicted molar refractivity (Wildman–Crippen MR) is 109 cm³/mol. The van der Waals surface area contributed by atoms with Crippen molar-refractivity contribution >= 4 is 37.5 Å². The molecule has 1 amide bonds. The quantitative estimate of drug-likeness (QED) is 0.686. The Hall–Kier alpha value is -1.86. The van der Waals surface area contributed by atoms with E-state index in [1.54, 1.807) is 24.3 Å². The van der Waals surface area contributed by atoms with Gasteiger partial charge in [-0.25, -0.2) is 8.42 Å². The van der Waals surface area contributed by atoms with Crippen LogP contribution in [0.3, 0.4) is 0 Å². The molecule has 5 nitrogen and oxygen atoms in total. The van der Waals surface area contributed by atoms with Crippen molar-refractivity contribution in [1.29, 1.82) is 0 Å². The Morgan fingerprint density at radius 3 is 2.46 bits per heavy atom. The molecular formula is C19H23BrN2O3S. The van der Waals surface area contributed by atoms with Gasteiger partial charge in [0.25, 0.3) is 0 Å². The fourth-order valence-electron chi connectivity index (χ4n) is 2.58. The number of rotatable bonds is 8. The topological polar surface area (TPSA) is 66.5 Å². The Labute approximate surface area is 163 Å².